The molecule has 3 heteroatoms. The molecule has 2 aliphatic carbocycles. The van der Waals surface area contributed by atoms with Crippen molar-refractivity contribution in [1.82, 2.24) is 10.6 Å². The van der Waals surface area contributed by atoms with Gasteiger partial charge in [0.1, 0.15) is 0 Å². The molecule has 1 amide bonds. The molecule has 104 valence electrons. The summed E-state index contributed by atoms with van der Waals surface area (Å²) < 4.78 is 0. The number of nitrogens with one attached hydrogen (secondary N) is 2. The van der Waals surface area contributed by atoms with E-state index in [0.29, 0.717) is 11.8 Å². The molecule has 18 heavy (non-hydrogen) atoms. The Bertz CT molecular complexity index is 291. The summed E-state index contributed by atoms with van der Waals surface area (Å²) in [6, 6.07) is 0. The first-order valence-electron chi connectivity index (χ1n) is 7.59. The molecule has 0 saturated heterocycles. The second-order valence-corrected chi connectivity index (χ2v) is 6.40. The van der Waals surface area contributed by atoms with Crippen LogP contribution in [-0.2, 0) is 4.79 Å². The Morgan fingerprint density at radius 2 is 1.78 bits per heavy atom. The van der Waals surface area contributed by atoms with Crippen molar-refractivity contribution in [2.24, 2.45) is 5.41 Å². The van der Waals surface area contributed by atoms with Gasteiger partial charge in [-0.25, -0.2) is 0 Å². The maximum atomic E-state index is 12.1. The fraction of sp³-hybridized carbons (Fsp3) is 0.933. The second-order valence-electron chi connectivity index (χ2n) is 6.40. The van der Waals surface area contributed by atoms with Gasteiger partial charge in [-0.1, -0.05) is 26.2 Å². The van der Waals surface area contributed by atoms with Gasteiger partial charge in [-0.05, 0) is 44.6 Å². The molecule has 2 N–H and O–H groups in total. The van der Waals surface area contributed by atoms with Crippen molar-refractivity contribution in [2.45, 2.75) is 70.3 Å². The molecular formula is C15H28N2O. The van der Waals surface area contributed by atoms with Gasteiger partial charge in [0.05, 0.1) is 0 Å². The van der Waals surface area contributed by atoms with Crippen LogP contribution in [0.15, 0.2) is 0 Å². The minimum Gasteiger partial charge on any atom is -0.355 e. The lowest BCUT2D eigenvalue weighted by molar-refractivity contribution is -0.123. The molecule has 2 aliphatic rings. The van der Waals surface area contributed by atoms with Crippen LogP contribution in [0.5, 0.6) is 0 Å². The summed E-state index contributed by atoms with van der Waals surface area (Å²) >= 11 is 0. The van der Waals surface area contributed by atoms with Gasteiger partial charge in [0.15, 0.2) is 0 Å². The lowest BCUT2D eigenvalue weighted by atomic mass is 9.79. The van der Waals surface area contributed by atoms with Crippen LogP contribution in [0.25, 0.3) is 0 Å². The van der Waals surface area contributed by atoms with Gasteiger partial charge in [0, 0.05) is 18.5 Å². The Hall–Kier alpha value is -0.570. The third kappa shape index (κ3) is 3.25. The number of carbonyl (C=O) groups is 1. The summed E-state index contributed by atoms with van der Waals surface area (Å²) in [4.78, 5) is 12.1. The van der Waals surface area contributed by atoms with Gasteiger partial charge in [-0.15, -0.1) is 0 Å². The van der Waals surface area contributed by atoms with Crippen LogP contribution < -0.4 is 10.6 Å². The first-order valence-corrected chi connectivity index (χ1v) is 7.59. The maximum Gasteiger partial charge on any atom is 0.221 e. The Morgan fingerprint density at radius 1 is 1.11 bits per heavy atom. The van der Waals surface area contributed by atoms with E-state index >= 15 is 0 Å². The molecule has 0 aliphatic heterocycles. The molecule has 3 nitrogen and oxygen atoms in total. The summed E-state index contributed by atoms with van der Waals surface area (Å²) in [5.74, 6) is 0.242. The van der Waals surface area contributed by atoms with Gasteiger partial charge in [0.25, 0.3) is 0 Å². The molecule has 0 bridgehead atoms. The largest absolute Gasteiger partial charge is 0.355 e. The second kappa shape index (κ2) is 5.60. The van der Waals surface area contributed by atoms with E-state index in [4.69, 9.17) is 0 Å². The highest BCUT2D eigenvalue weighted by Gasteiger charge is 2.41. The molecular weight excluding hydrogens is 224 g/mol. The molecule has 0 radical (unpaired) electrons. The summed E-state index contributed by atoms with van der Waals surface area (Å²) in [7, 11) is 2.01. The number of carbonyl (C=O) groups excluding carboxylic acids is 1. The Kier molecular flexibility index (Phi) is 4.31. The van der Waals surface area contributed by atoms with Crippen molar-refractivity contribution in [3.8, 4) is 0 Å². The molecule has 0 spiro atoms. The fourth-order valence-corrected chi connectivity index (χ4v) is 3.23. The minimum atomic E-state index is 0.0747. The first-order chi connectivity index (χ1) is 8.64. The van der Waals surface area contributed by atoms with Crippen LogP contribution in [-0.4, -0.2) is 25.0 Å². The fourth-order valence-electron chi connectivity index (χ4n) is 3.23. The van der Waals surface area contributed by atoms with E-state index in [9.17, 15) is 4.79 Å². The Balaban J connectivity index is 1.78. The van der Waals surface area contributed by atoms with E-state index in [1.165, 1.54) is 38.5 Å². The topological polar surface area (TPSA) is 41.1 Å². The highest BCUT2D eigenvalue weighted by Crippen LogP contribution is 2.47. The average Bonchev–Trinajstić information content (AvgIpc) is 3.18. The lowest BCUT2D eigenvalue weighted by Gasteiger charge is -2.36. The first kappa shape index (κ1) is 13.9. The van der Waals surface area contributed by atoms with Crippen LogP contribution in [0.3, 0.4) is 0 Å². The predicted molar refractivity (Wildman–Crippen MR) is 74.5 cm³/mol. The maximum absolute atomic E-state index is 12.1. The normalized spacial score (nSPS) is 24.6. The van der Waals surface area contributed by atoms with Crippen LogP contribution >= 0.6 is 0 Å². The number of hydrogen-bond acceptors (Lipinski definition) is 2. The Labute approximate surface area is 111 Å². The number of rotatable bonds is 6. The van der Waals surface area contributed by atoms with Crippen molar-refractivity contribution in [3.05, 3.63) is 0 Å². The third-order valence-electron chi connectivity index (χ3n) is 5.21. The van der Waals surface area contributed by atoms with Crippen molar-refractivity contribution >= 4 is 5.91 Å². The van der Waals surface area contributed by atoms with Gasteiger partial charge < -0.3 is 10.6 Å². The summed E-state index contributed by atoms with van der Waals surface area (Å²) in [5.41, 5.74) is 0.528. The molecule has 0 atom stereocenters. The van der Waals surface area contributed by atoms with E-state index in [1.807, 2.05) is 7.05 Å². The molecule has 0 aromatic carbocycles. The van der Waals surface area contributed by atoms with Gasteiger partial charge in [0.2, 0.25) is 5.91 Å². The summed E-state index contributed by atoms with van der Waals surface area (Å²) in [6.45, 7) is 3.12. The monoisotopic (exact) mass is 252 g/mol. The van der Waals surface area contributed by atoms with Crippen LogP contribution in [0.1, 0.15) is 64.7 Å². The predicted octanol–water partition coefficient (Wildman–Crippen LogP) is 2.61. The molecule has 0 aromatic rings. The van der Waals surface area contributed by atoms with E-state index < -0.39 is 0 Å². The average molecular weight is 252 g/mol. The van der Waals surface area contributed by atoms with E-state index in [-0.39, 0.29) is 11.4 Å². The zero-order valence-corrected chi connectivity index (χ0v) is 12.0. The third-order valence-corrected chi connectivity index (χ3v) is 5.21. The van der Waals surface area contributed by atoms with Gasteiger partial charge in [-0.3, -0.25) is 4.79 Å². The van der Waals surface area contributed by atoms with Crippen LogP contribution in [0, 0.1) is 5.41 Å². The van der Waals surface area contributed by atoms with Gasteiger partial charge >= 0.3 is 0 Å². The van der Waals surface area contributed by atoms with Crippen LogP contribution in [0.2, 0.25) is 0 Å². The minimum absolute atomic E-state index is 0.0747. The Morgan fingerprint density at radius 3 is 2.28 bits per heavy atom. The molecule has 0 aromatic heterocycles. The van der Waals surface area contributed by atoms with E-state index in [1.54, 1.807) is 0 Å². The molecule has 2 fully saturated rings. The zero-order chi connectivity index (χ0) is 13.1. The molecule has 2 rings (SSSR count). The zero-order valence-electron chi connectivity index (χ0n) is 12.0. The highest BCUT2D eigenvalue weighted by molar-refractivity contribution is 5.77. The SMILES string of the molecule is CCC1(CNC(=O)CC2(NC)CCCCC2)CC1. The van der Waals surface area contributed by atoms with Crippen molar-refractivity contribution in [3.63, 3.8) is 0 Å². The highest BCUT2D eigenvalue weighted by atomic mass is 16.1. The molecule has 0 unspecified atom stereocenters. The standard InChI is InChI=1S/C15H28N2O/c1-3-14(9-10-14)12-17-13(18)11-15(16-2)7-5-4-6-8-15/h16H,3-12H2,1-2H3,(H,17,18). The van der Waals surface area contributed by atoms with Crippen molar-refractivity contribution in [1.29, 1.82) is 0 Å². The van der Waals surface area contributed by atoms with Gasteiger partial charge in [-0.2, -0.15) is 0 Å². The quantitative estimate of drug-likeness (QED) is 0.763. The number of amides is 1. The van der Waals surface area contributed by atoms with Crippen LogP contribution in [0.4, 0.5) is 0 Å². The molecule has 0 heterocycles. The van der Waals surface area contributed by atoms with E-state index in [0.717, 1.165) is 19.4 Å². The summed E-state index contributed by atoms with van der Waals surface area (Å²) in [6.07, 6.45) is 10.6. The van der Waals surface area contributed by atoms with Crippen molar-refractivity contribution < 1.29 is 4.79 Å². The van der Waals surface area contributed by atoms with E-state index in [2.05, 4.69) is 17.6 Å². The lowest BCUT2D eigenvalue weighted by Crippen LogP contribution is -2.48. The number of hydrogen-bond donors (Lipinski definition) is 2. The summed E-state index contributed by atoms with van der Waals surface area (Å²) in [5, 5.41) is 6.58. The molecule has 2 saturated carbocycles. The van der Waals surface area contributed by atoms with Crippen molar-refractivity contribution in [2.75, 3.05) is 13.6 Å². The smallest absolute Gasteiger partial charge is 0.221 e.